The zero-order chi connectivity index (χ0) is 19.7. The molecular formula is C18H19F2N3O4S. The number of hydrogen-bond acceptors (Lipinski definition) is 5. The molecule has 1 fully saturated rings. The molecule has 150 valence electrons. The molecule has 0 saturated carbocycles. The van der Waals surface area contributed by atoms with Crippen LogP contribution in [0.15, 0.2) is 52.3 Å². The number of benzene rings is 1. The lowest BCUT2D eigenvalue weighted by molar-refractivity contribution is 0.128. The van der Waals surface area contributed by atoms with E-state index in [2.05, 4.69) is 9.68 Å². The number of fused-ring (bicyclic) bond motifs is 1. The van der Waals surface area contributed by atoms with Crippen molar-refractivity contribution < 1.29 is 26.5 Å². The molecule has 0 amide bonds. The summed E-state index contributed by atoms with van der Waals surface area (Å²) in [6.07, 6.45) is 2.38. The summed E-state index contributed by atoms with van der Waals surface area (Å²) in [5, 5.41) is 4.21. The van der Waals surface area contributed by atoms with Gasteiger partial charge in [0.25, 0.3) is 6.43 Å². The van der Waals surface area contributed by atoms with E-state index in [1.165, 1.54) is 15.1 Å². The van der Waals surface area contributed by atoms with Gasteiger partial charge < -0.3 is 13.8 Å². The second kappa shape index (κ2) is 7.51. The Labute approximate surface area is 160 Å². The zero-order valence-electron chi connectivity index (χ0n) is 14.9. The molecule has 0 spiro atoms. The molecule has 0 aliphatic carbocycles. The summed E-state index contributed by atoms with van der Waals surface area (Å²) in [6.45, 7) is 0.271. The molecule has 1 aromatic carbocycles. The van der Waals surface area contributed by atoms with Gasteiger partial charge >= 0.3 is 0 Å². The molecule has 2 aromatic heterocycles. The fourth-order valence-corrected chi connectivity index (χ4v) is 4.78. The Morgan fingerprint density at radius 1 is 1.25 bits per heavy atom. The lowest BCUT2D eigenvalue weighted by Gasteiger charge is -2.31. The molecule has 10 heteroatoms. The summed E-state index contributed by atoms with van der Waals surface area (Å²) < 4.78 is 64.0. The molecule has 4 rings (SSSR count). The largest absolute Gasteiger partial charge is 0.490 e. The van der Waals surface area contributed by atoms with Gasteiger partial charge in [-0.15, -0.1) is 0 Å². The Bertz CT molecular complexity index is 1040. The van der Waals surface area contributed by atoms with Crippen molar-refractivity contribution in [3.63, 3.8) is 0 Å². The standard InChI is InChI=1S/C18H19F2N3O4S/c19-18(20)11-22-7-6-15-16(22)2-1-3-17(15)27-13-4-8-23(9-5-13)28(24,25)14-10-21-26-12-14/h1-3,6-7,10,12-13,18H,4-5,8-9,11H2. The van der Waals surface area contributed by atoms with Gasteiger partial charge in [-0.2, -0.15) is 4.31 Å². The molecule has 0 bridgehead atoms. The highest BCUT2D eigenvalue weighted by atomic mass is 32.2. The second-order valence-corrected chi connectivity index (χ2v) is 8.57. The number of piperidine rings is 1. The first-order chi connectivity index (χ1) is 13.4. The maximum Gasteiger partial charge on any atom is 0.256 e. The van der Waals surface area contributed by atoms with E-state index in [0.29, 0.717) is 37.2 Å². The third-order valence-electron chi connectivity index (χ3n) is 4.85. The first-order valence-electron chi connectivity index (χ1n) is 8.87. The summed E-state index contributed by atoms with van der Waals surface area (Å²) in [6, 6.07) is 7.11. The highest BCUT2D eigenvalue weighted by Crippen LogP contribution is 2.30. The van der Waals surface area contributed by atoms with Crippen LogP contribution in [-0.2, 0) is 16.6 Å². The Balaban J connectivity index is 1.45. The van der Waals surface area contributed by atoms with Gasteiger partial charge in [-0.25, -0.2) is 17.2 Å². The van der Waals surface area contributed by atoms with Crippen LogP contribution in [0, 0.1) is 0 Å². The first kappa shape index (κ1) is 18.9. The Kier molecular flexibility index (Phi) is 5.07. The molecule has 0 atom stereocenters. The summed E-state index contributed by atoms with van der Waals surface area (Å²) in [4.78, 5) is 0.0389. The molecule has 28 heavy (non-hydrogen) atoms. The number of ether oxygens (including phenoxy) is 1. The highest BCUT2D eigenvalue weighted by Gasteiger charge is 2.31. The Morgan fingerprint density at radius 2 is 2.04 bits per heavy atom. The van der Waals surface area contributed by atoms with Gasteiger partial charge in [0.2, 0.25) is 10.0 Å². The van der Waals surface area contributed by atoms with Gasteiger partial charge in [0.15, 0.2) is 0 Å². The van der Waals surface area contributed by atoms with Crippen LogP contribution < -0.4 is 4.74 Å². The summed E-state index contributed by atoms with van der Waals surface area (Å²) >= 11 is 0. The second-order valence-electron chi connectivity index (χ2n) is 6.63. The van der Waals surface area contributed by atoms with Crippen LogP contribution in [0.2, 0.25) is 0 Å². The van der Waals surface area contributed by atoms with Crippen LogP contribution in [-0.4, -0.2) is 48.1 Å². The minimum Gasteiger partial charge on any atom is -0.490 e. The summed E-state index contributed by atoms with van der Waals surface area (Å²) in [5.74, 6) is 0.617. The van der Waals surface area contributed by atoms with Crippen LogP contribution in [0.5, 0.6) is 5.75 Å². The quantitative estimate of drug-likeness (QED) is 0.623. The van der Waals surface area contributed by atoms with E-state index in [0.717, 1.165) is 11.6 Å². The van der Waals surface area contributed by atoms with E-state index in [4.69, 9.17) is 4.74 Å². The molecule has 0 N–H and O–H groups in total. The normalized spacial score (nSPS) is 16.8. The predicted molar refractivity (Wildman–Crippen MR) is 96.9 cm³/mol. The van der Waals surface area contributed by atoms with Crippen LogP contribution in [0.25, 0.3) is 10.9 Å². The topological polar surface area (TPSA) is 77.6 Å². The lowest BCUT2D eigenvalue weighted by atomic mass is 10.1. The number of aromatic nitrogens is 2. The van der Waals surface area contributed by atoms with Crippen LogP contribution in [0.3, 0.4) is 0 Å². The van der Waals surface area contributed by atoms with Crippen molar-refractivity contribution in [2.45, 2.75) is 36.8 Å². The van der Waals surface area contributed by atoms with Crippen molar-refractivity contribution in [3.8, 4) is 5.75 Å². The third kappa shape index (κ3) is 3.61. The van der Waals surface area contributed by atoms with Crippen LogP contribution >= 0.6 is 0 Å². The third-order valence-corrected chi connectivity index (χ3v) is 6.69. The number of nitrogens with zero attached hydrogens (tertiary/aromatic N) is 3. The van der Waals surface area contributed by atoms with Gasteiger partial charge in [-0.3, -0.25) is 0 Å². The number of sulfonamides is 1. The van der Waals surface area contributed by atoms with E-state index in [1.54, 1.807) is 30.5 Å². The van der Waals surface area contributed by atoms with Crippen molar-refractivity contribution in [1.82, 2.24) is 14.0 Å². The number of alkyl halides is 2. The van der Waals surface area contributed by atoms with Crippen molar-refractivity contribution in [2.75, 3.05) is 13.1 Å². The van der Waals surface area contributed by atoms with Crippen LogP contribution in [0.1, 0.15) is 12.8 Å². The van der Waals surface area contributed by atoms with Crippen molar-refractivity contribution in [2.24, 2.45) is 0 Å². The molecule has 3 heterocycles. The van der Waals surface area contributed by atoms with E-state index >= 15 is 0 Å². The number of rotatable bonds is 6. The van der Waals surface area contributed by atoms with Crippen molar-refractivity contribution in [3.05, 3.63) is 42.9 Å². The predicted octanol–water partition coefficient (Wildman–Crippen LogP) is 3.13. The minimum atomic E-state index is -3.61. The fraction of sp³-hybridized carbons (Fsp3) is 0.389. The van der Waals surface area contributed by atoms with Crippen LogP contribution in [0.4, 0.5) is 8.78 Å². The Hall–Kier alpha value is -2.46. The van der Waals surface area contributed by atoms with Crippen molar-refractivity contribution >= 4 is 20.9 Å². The first-order valence-corrected chi connectivity index (χ1v) is 10.3. The average Bonchev–Trinajstić information content (AvgIpc) is 3.33. The Morgan fingerprint density at radius 3 is 2.71 bits per heavy atom. The van der Waals surface area contributed by atoms with E-state index in [1.807, 2.05) is 0 Å². The molecular weight excluding hydrogens is 392 g/mol. The smallest absolute Gasteiger partial charge is 0.256 e. The monoisotopic (exact) mass is 411 g/mol. The molecule has 1 aliphatic rings. The molecule has 0 unspecified atom stereocenters. The summed E-state index contributed by atoms with van der Waals surface area (Å²) in [5.41, 5.74) is 0.685. The molecule has 0 radical (unpaired) electrons. The van der Waals surface area contributed by atoms with E-state index < -0.39 is 16.4 Å². The maximum absolute atomic E-state index is 12.7. The zero-order valence-corrected chi connectivity index (χ0v) is 15.7. The lowest BCUT2D eigenvalue weighted by Crippen LogP contribution is -2.41. The van der Waals surface area contributed by atoms with Gasteiger partial charge in [-0.1, -0.05) is 11.2 Å². The molecule has 1 aliphatic heterocycles. The van der Waals surface area contributed by atoms with E-state index in [-0.39, 0.29) is 17.5 Å². The van der Waals surface area contributed by atoms with Gasteiger partial charge in [-0.05, 0) is 31.0 Å². The van der Waals surface area contributed by atoms with E-state index in [9.17, 15) is 17.2 Å². The highest BCUT2D eigenvalue weighted by molar-refractivity contribution is 7.89. The van der Waals surface area contributed by atoms with Gasteiger partial charge in [0, 0.05) is 24.7 Å². The molecule has 7 nitrogen and oxygen atoms in total. The minimum absolute atomic E-state index is 0.0389. The maximum atomic E-state index is 12.7. The average molecular weight is 411 g/mol. The molecule has 1 saturated heterocycles. The molecule has 3 aromatic rings. The van der Waals surface area contributed by atoms with Gasteiger partial charge in [0.05, 0.1) is 18.3 Å². The number of hydrogen-bond donors (Lipinski definition) is 0. The summed E-state index contributed by atoms with van der Waals surface area (Å²) in [7, 11) is -3.61. The fourth-order valence-electron chi connectivity index (χ4n) is 3.45. The van der Waals surface area contributed by atoms with Crippen molar-refractivity contribution in [1.29, 1.82) is 0 Å². The number of halogens is 2. The SMILES string of the molecule is O=S(=O)(c1cnoc1)N1CCC(Oc2cccc3c2ccn3CC(F)F)CC1. The van der Waals surface area contributed by atoms with Gasteiger partial charge in [0.1, 0.15) is 23.0 Å².